The van der Waals surface area contributed by atoms with Crippen LogP contribution in [0.4, 0.5) is 0 Å². The predicted molar refractivity (Wildman–Crippen MR) is 185 cm³/mol. The molecule has 0 heterocycles. The topological polar surface area (TPSA) is 125 Å². The third-order valence-corrected chi connectivity index (χ3v) is 8.20. The van der Waals surface area contributed by atoms with Gasteiger partial charge in [-0.2, -0.15) is 8.42 Å². The lowest BCUT2D eigenvalue weighted by Crippen LogP contribution is -1.97. The molecule has 0 radical (unpaired) electrons. The van der Waals surface area contributed by atoms with Crippen molar-refractivity contribution in [3.63, 3.8) is 0 Å². The Kier molecular flexibility index (Phi) is 15.7. The monoisotopic (exact) mass is 906 g/mol. The van der Waals surface area contributed by atoms with Gasteiger partial charge in [-0.25, -0.2) is 8.42 Å². The predicted octanol–water partition coefficient (Wildman–Crippen LogP) is 11.1. The maximum atomic E-state index is 11.6. The van der Waals surface area contributed by atoms with Crippen molar-refractivity contribution in [3.8, 4) is 34.5 Å². The third kappa shape index (κ3) is 13.7. The van der Waals surface area contributed by atoms with Gasteiger partial charge in [-0.05, 0) is 60.7 Å². The summed E-state index contributed by atoms with van der Waals surface area (Å²) in [7, 11) is 4.20. The number of halogens is 8. The third-order valence-electron chi connectivity index (χ3n) is 4.82. The van der Waals surface area contributed by atoms with Crippen LogP contribution in [0.3, 0.4) is 0 Å². The van der Waals surface area contributed by atoms with Crippen molar-refractivity contribution in [2.24, 2.45) is 0 Å². The van der Waals surface area contributed by atoms with Crippen LogP contribution in [0.5, 0.6) is 34.5 Å². The zero-order valence-corrected chi connectivity index (χ0v) is 31.7. The van der Waals surface area contributed by atoms with Crippen molar-refractivity contribution in [1.82, 2.24) is 0 Å². The van der Waals surface area contributed by atoms with Gasteiger partial charge in [-0.1, -0.05) is 78.3 Å². The summed E-state index contributed by atoms with van der Waals surface area (Å²) in [4.78, 5) is -0.210. The van der Waals surface area contributed by atoms with E-state index in [0.717, 1.165) is 10.2 Å². The van der Waals surface area contributed by atoms with Gasteiger partial charge < -0.3 is 18.9 Å². The lowest BCUT2D eigenvalue weighted by atomic mass is 10.3. The summed E-state index contributed by atoms with van der Waals surface area (Å²) in [5, 5.41) is 1.44. The first-order valence-electron chi connectivity index (χ1n) is 11.4. The first kappa shape index (κ1) is 39.8. The van der Waals surface area contributed by atoms with Crippen LogP contribution in [0.2, 0.25) is 20.1 Å². The molecule has 0 unspecified atom stereocenters. The number of ether oxygens (including phenoxy) is 4. The summed E-state index contributed by atoms with van der Waals surface area (Å²) in [6.07, 6.45) is 0. The molecular weight excluding hydrogens is 893 g/mol. The van der Waals surface area contributed by atoms with E-state index in [1.807, 2.05) is 0 Å². The van der Waals surface area contributed by atoms with E-state index in [0.29, 0.717) is 26.0 Å². The number of benzene rings is 4. The molecule has 0 atom stereocenters. The summed E-state index contributed by atoms with van der Waals surface area (Å²) in [6, 6.07) is 18.0. The normalized spacial score (nSPS) is 10.9. The minimum Gasteiger partial charge on any atom is -0.497 e. The fourth-order valence-electron chi connectivity index (χ4n) is 3.04. The molecule has 0 bridgehead atoms. The number of methoxy groups -OCH3 is 2. The van der Waals surface area contributed by atoms with Crippen molar-refractivity contribution in [1.29, 1.82) is 0 Å². The van der Waals surface area contributed by atoms with E-state index in [-0.39, 0.29) is 32.2 Å². The van der Waals surface area contributed by atoms with Crippen molar-refractivity contribution in [3.05, 3.63) is 95.8 Å². The van der Waals surface area contributed by atoms with Gasteiger partial charge >= 0.3 is 9.33 Å². The second-order valence-corrected chi connectivity index (χ2v) is 15.9. The smallest absolute Gasteiger partial charge is 0.353 e. The van der Waals surface area contributed by atoms with Gasteiger partial charge in [0, 0.05) is 36.4 Å². The van der Waals surface area contributed by atoms with E-state index in [2.05, 4.69) is 42.5 Å². The molecule has 0 saturated heterocycles. The van der Waals surface area contributed by atoms with E-state index < -0.39 is 18.4 Å². The molecule has 0 aromatic heterocycles. The van der Waals surface area contributed by atoms with Crippen LogP contribution in [0, 0.1) is 0 Å². The van der Waals surface area contributed by atoms with Crippen LogP contribution >= 0.6 is 99.6 Å². The van der Waals surface area contributed by atoms with Crippen molar-refractivity contribution >= 4 is 118 Å². The highest BCUT2D eigenvalue weighted by Gasteiger charge is 2.19. The van der Waals surface area contributed by atoms with Crippen molar-refractivity contribution < 1.29 is 40.3 Å². The second kappa shape index (κ2) is 17.7. The molecule has 0 aliphatic rings. The summed E-state index contributed by atoms with van der Waals surface area (Å²) >= 11 is 30.8. The molecule has 0 amide bonds. The Hall–Kier alpha value is -1.36. The van der Waals surface area contributed by atoms with E-state index in [4.69, 9.17) is 89.0 Å². The molecule has 0 aliphatic carbocycles. The van der Waals surface area contributed by atoms with Crippen LogP contribution in [0.1, 0.15) is 0 Å². The highest BCUT2D eigenvalue weighted by molar-refractivity contribution is 9.10. The minimum absolute atomic E-state index is 0.107. The molecule has 0 fully saturated rings. The Bertz CT molecular complexity index is 1810. The van der Waals surface area contributed by atoms with Gasteiger partial charge in [-0.15, -0.1) is 0 Å². The lowest BCUT2D eigenvalue weighted by Gasteiger charge is -2.12. The van der Waals surface area contributed by atoms with E-state index in [9.17, 15) is 8.42 Å². The first-order chi connectivity index (χ1) is 20.8. The van der Waals surface area contributed by atoms with Gasteiger partial charge in [0.15, 0.2) is 11.5 Å². The highest BCUT2D eigenvalue weighted by atomic mass is 79.9. The highest BCUT2D eigenvalue weighted by Crippen LogP contribution is 2.41. The van der Waals surface area contributed by atoms with Gasteiger partial charge in [0.25, 0.3) is 9.05 Å². The molecule has 1 N–H and O–H groups in total. The number of rotatable bonds is 7. The summed E-state index contributed by atoms with van der Waals surface area (Å²) in [5.74, 6) is 2.35. The van der Waals surface area contributed by atoms with E-state index in [1.165, 1.54) is 25.3 Å². The fourth-order valence-corrected chi connectivity index (χ4v) is 6.63. The molecule has 0 saturated carbocycles. The average molecular weight is 911 g/mol. The first-order valence-corrected chi connectivity index (χ1v) is 19.1. The molecule has 19 heteroatoms. The van der Waals surface area contributed by atoms with Crippen LogP contribution in [-0.2, 0) is 18.4 Å². The Balaban J connectivity index is 0.000000277. The van der Waals surface area contributed by atoms with Gasteiger partial charge in [-0.3, -0.25) is 4.55 Å². The Morgan fingerprint density at radius 2 is 0.956 bits per heavy atom. The molecule has 0 aliphatic heterocycles. The fraction of sp³-hybridized carbons (Fsp3) is 0.0769. The van der Waals surface area contributed by atoms with Crippen molar-refractivity contribution in [2.75, 3.05) is 14.2 Å². The second-order valence-electron chi connectivity index (χ2n) is 7.94. The molecule has 45 heavy (non-hydrogen) atoms. The van der Waals surface area contributed by atoms with Crippen LogP contribution in [0.25, 0.3) is 0 Å². The number of hydrogen-bond acceptors (Lipinski definition) is 8. The Morgan fingerprint density at radius 3 is 1.31 bits per heavy atom. The van der Waals surface area contributed by atoms with E-state index in [1.54, 1.807) is 55.6 Å². The lowest BCUT2D eigenvalue weighted by molar-refractivity contribution is 0.400. The largest absolute Gasteiger partial charge is 0.497 e. The van der Waals surface area contributed by atoms with Crippen LogP contribution in [0.15, 0.2) is 80.6 Å². The SMILES string of the molecule is COc1ccc(Oc2c(Cl)cc(Br)cc2Cl)cc1.COc1ccc(Oc2c(Cl)cc(Br)cc2Cl)cc1S(=O)(=O)Cl.O=S(=O)(O)Cl. The maximum Gasteiger partial charge on any atom is 0.353 e. The zero-order chi connectivity index (χ0) is 34.1. The zero-order valence-electron chi connectivity index (χ0n) is 22.4. The number of hydrogen-bond donors (Lipinski definition) is 1. The van der Waals surface area contributed by atoms with Crippen molar-refractivity contribution in [2.45, 2.75) is 4.90 Å². The van der Waals surface area contributed by atoms with Crippen LogP contribution in [-0.4, -0.2) is 35.6 Å². The minimum atomic E-state index is -4.19. The molecule has 0 spiro atoms. The molecule has 4 aromatic rings. The molecular formula is C26H18Br2Cl6O9S2. The summed E-state index contributed by atoms with van der Waals surface area (Å²) in [5.41, 5.74) is 0. The quantitative estimate of drug-likeness (QED) is 0.142. The summed E-state index contributed by atoms with van der Waals surface area (Å²) < 4.78 is 71.0. The molecule has 244 valence electrons. The molecule has 9 nitrogen and oxygen atoms in total. The van der Waals surface area contributed by atoms with E-state index >= 15 is 0 Å². The molecule has 4 aromatic carbocycles. The van der Waals surface area contributed by atoms with Gasteiger partial charge in [0.05, 0.1) is 34.3 Å². The standard InChI is InChI=1S/C13H8BrCl3O4S.C13H9BrCl2O2.ClHO3S/c1-20-11-3-2-8(6-12(11)22(17,18)19)21-13-9(15)4-7(14)5-10(13)16;1-17-9-2-4-10(5-3-9)18-13-11(15)6-8(14)7-12(13)16;1-5(2,3)4/h2-6H,1H3;2-7H,1H3;(H,2,3,4). The van der Waals surface area contributed by atoms with Gasteiger partial charge in [0.1, 0.15) is 27.9 Å². The Morgan fingerprint density at radius 1 is 0.600 bits per heavy atom. The Labute approximate surface area is 305 Å². The van der Waals surface area contributed by atoms with Crippen LogP contribution < -0.4 is 18.9 Å². The maximum absolute atomic E-state index is 11.6. The van der Waals surface area contributed by atoms with Gasteiger partial charge in [0.2, 0.25) is 0 Å². The molecule has 4 rings (SSSR count). The average Bonchev–Trinajstić information content (AvgIpc) is 2.92. The summed E-state index contributed by atoms with van der Waals surface area (Å²) in [6.45, 7) is 0.